The molecule has 102 valence electrons. The number of hydrogen-bond donors (Lipinski definition) is 1. The van der Waals surface area contributed by atoms with E-state index in [9.17, 15) is 4.39 Å². The van der Waals surface area contributed by atoms with Crippen molar-refractivity contribution in [2.75, 3.05) is 0 Å². The minimum absolute atomic E-state index is 0.266. The van der Waals surface area contributed by atoms with Crippen LogP contribution < -0.4 is 5.73 Å². The highest BCUT2D eigenvalue weighted by Gasteiger charge is 2.14. The number of benzene rings is 2. The average molecular weight is 269 g/mol. The van der Waals surface area contributed by atoms with Crippen molar-refractivity contribution in [2.24, 2.45) is 5.73 Å². The quantitative estimate of drug-likeness (QED) is 0.774. The van der Waals surface area contributed by atoms with Crippen LogP contribution in [-0.4, -0.2) is 0 Å². The van der Waals surface area contributed by atoms with Crippen LogP contribution in [0.4, 0.5) is 4.39 Å². The molecule has 3 aromatic rings. The molecule has 20 heavy (non-hydrogen) atoms. The van der Waals surface area contributed by atoms with Gasteiger partial charge in [0.15, 0.2) is 0 Å². The maximum absolute atomic E-state index is 12.9. The second-order valence-corrected chi connectivity index (χ2v) is 4.90. The van der Waals surface area contributed by atoms with Gasteiger partial charge in [-0.2, -0.15) is 0 Å². The van der Waals surface area contributed by atoms with Gasteiger partial charge in [0, 0.05) is 5.39 Å². The van der Waals surface area contributed by atoms with Crippen molar-refractivity contribution in [3.8, 4) is 0 Å². The van der Waals surface area contributed by atoms with Gasteiger partial charge in [-0.05, 0) is 47.9 Å². The molecule has 1 unspecified atom stereocenters. The third-order valence-corrected chi connectivity index (χ3v) is 3.54. The fourth-order valence-electron chi connectivity index (χ4n) is 2.32. The third kappa shape index (κ3) is 2.32. The first-order chi connectivity index (χ1) is 9.67. The monoisotopic (exact) mass is 269 g/mol. The highest BCUT2D eigenvalue weighted by atomic mass is 19.1. The predicted octanol–water partition coefficient (Wildman–Crippen LogP) is 4.18. The second kappa shape index (κ2) is 5.10. The van der Waals surface area contributed by atoms with Crippen molar-refractivity contribution in [1.29, 1.82) is 0 Å². The molecule has 0 aliphatic carbocycles. The van der Waals surface area contributed by atoms with Crippen molar-refractivity contribution in [3.63, 3.8) is 0 Å². The van der Waals surface area contributed by atoms with Crippen LogP contribution in [0.3, 0.4) is 0 Å². The van der Waals surface area contributed by atoms with Gasteiger partial charge >= 0.3 is 0 Å². The van der Waals surface area contributed by atoms with Crippen molar-refractivity contribution in [3.05, 3.63) is 71.2 Å². The smallest absolute Gasteiger partial charge is 0.134 e. The van der Waals surface area contributed by atoms with Crippen LogP contribution in [0.1, 0.15) is 29.9 Å². The Kier molecular flexibility index (Phi) is 3.28. The second-order valence-electron chi connectivity index (χ2n) is 4.90. The van der Waals surface area contributed by atoms with Gasteiger partial charge in [-0.25, -0.2) is 4.39 Å². The summed E-state index contributed by atoms with van der Waals surface area (Å²) in [5, 5.41) is 1.05. The van der Waals surface area contributed by atoms with E-state index in [1.165, 1.54) is 17.7 Å². The Bertz CT molecular complexity index is 730. The summed E-state index contributed by atoms with van der Waals surface area (Å²) < 4.78 is 18.7. The summed E-state index contributed by atoms with van der Waals surface area (Å²) in [6, 6.07) is 13.9. The summed E-state index contributed by atoms with van der Waals surface area (Å²) in [4.78, 5) is 0. The van der Waals surface area contributed by atoms with E-state index < -0.39 is 0 Å². The highest BCUT2D eigenvalue weighted by molar-refractivity contribution is 5.79. The van der Waals surface area contributed by atoms with Crippen LogP contribution in [0.5, 0.6) is 0 Å². The van der Waals surface area contributed by atoms with E-state index in [1.54, 1.807) is 12.1 Å². The minimum Gasteiger partial charge on any atom is -0.459 e. The Hall–Kier alpha value is -2.13. The van der Waals surface area contributed by atoms with Crippen LogP contribution in [0.2, 0.25) is 0 Å². The van der Waals surface area contributed by atoms with Crippen LogP contribution >= 0.6 is 0 Å². The Balaban J connectivity index is 1.98. The van der Waals surface area contributed by atoms with Gasteiger partial charge in [0.05, 0.1) is 6.04 Å². The summed E-state index contributed by atoms with van der Waals surface area (Å²) in [5.41, 5.74) is 9.11. The molecule has 0 spiro atoms. The zero-order chi connectivity index (χ0) is 14.1. The van der Waals surface area contributed by atoms with Crippen molar-refractivity contribution < 1.29 is 8.81 Å². The molecule has 0 bridgehead atoms. The Morgan fingerprint density at radius 3 is 2.55 bits per heavy atom. The van der Waals surface area contributed by atoms with E-state index in [1.807, 2.05) is 12.1 Å². The first-order valence-electron chi connectivity index (χ1n) is 6.71. The van der Waals surface area contributed by atoms with Gasteiger partial charge in [-0.3, -0.25) is 0 Å². The average Bonchev–Trinajstić information content (AvgIpc) is 2.90. The molecule has 2 N–H and O–H groups in total. The summed E-state index contributed by atoms with van der Waals surface area (Å²) in [7, 11) is 0. The third-order valence-electron chi connectivity index (χ3n) is 3.54. The largest absolute Gasteiger partial charge is 0.459 e. The summed E-state index contributed by atoms with van der Waals surface area (Å²) in [6.45, 7) is 2.12. The summed E-state index contributed by atoms with van der Waals surface area (Å²) in [6.07, 6.45) is 0.987. The number of fused-ring (bicyclic) bond motifs is 1. The summed E-state index contributed by atoms with van der Waals surface area (Å²) in [5.74, 6) is 0.429. The molecule has 0 fully saturated rings. The maximum Gasteiger partial charge on any atom is 0.134 e. The molecule has 1 aromatic heterocycles. The van der Waals surface area contributed by atoms with Gasteiger partial charge in [0.25, 0.3) is 0 Å². The van der Waals surface area contributed by atoms with Gasteiger partial charge in [-0.15, -0.1) is 0 Å². The standard InChI is InChI=1S/C17H16FNO/c1-2-11-3-8-15-13(9-11)10-16(20-15)17(19)12-4-6-14(18)7-5-12/h3-10,17H,2,19H2,1H3. The van der Waals surface area contributed by atoms with Crippen LogP contribution in [0, 0.1) is 5.82 Å². The number of rotatable bonds is 3. The molecule has 1 atom stereocenters. The van der Waals surface area contributed by atoms with E-state index >= 15 is 0 Å². The topological polar surface area (TPSA) is 39.2 Å². The molecule has 3 rings (SSSR count). The Labute approximate surface area is 117 Å². The van der Waals surface area contributed by atoms with E-state index in [0.29, 0.717) is 5.76 Å². The number of halogens is 1. The van der Waals surface area contributed by atoms with Crippen molar-refractivity contribution >= 4 is 11.0 Å². The highest BCUT2D eigenvalue weighted by Crippen LogP contribution is 2.27. The number of furan rings is 1. The van der Waals surface area contributed by atoms with E-state index in [4.69, 9.17) is 10.2 Å². The van der Waals surface area contributed by atoms with Gasteiger partial charge in [0.2, 0.25) is 0 Å². The van der Waals surface area contributed by atoms with Crippen molar-refractivity contribution in [1.82, 2.24) is 0 Å². The zero-order valence-corrected chi connectivity index (χ0v) is 11.3. The molecule has 1 heterocycles. The molecule has 3 heteroatoms. The normalized spacial score (nSPS) is 12.8. The lowest BCUT2D eigenvalue weighted by molar-refractivity contribution is 0.524. The maximum atomic E-state index is 12.9. The molecular formula is C17H16FNO. The zero-order valence-electron chi connectivity index (χ0n) is 11.3. The molecule has 0 radical (unpaired) electrons. The fraction of sp³-hybridized carbons (Fsp3) is 0.176. The van der Waals surface area contributed by atoms with E-state index in [0.717, 1.165) is 23.0 Å². The van der Waals surface area contributed by atoms with Gasteiger partial charge in [-0.1, -0.05) is 25.1 Å². The van der Waals surface area contributed by atoms with Crippen LogP contribution in [-0.2, 0) is 6.42 Å². The van der Waals surface area contributed by atoms with Crippen LogP contribution in [0.15, 0.2) is 52.9 Å². The lowest BCUT2D eigenvalue weighted by Crippen LogP contribution is -2.10. The molecule has 0 aliphatic rings. The Morgan fingerprint density at radius 1 is 1.10 bits per heavy atom. The van der Waals surface area contributed by atoms with Gasteiger partial charge < -0.3 is 10.2 Å². The predicted molar refractivity (Wildman–Crippen MR) is 78.0 cm³/mol. The van der Waals surface area contributed by atoms with Crippen molar-refractivity contribution in [2.45, 2.75) is 19.4 Å². The first-order valence-corrected chi connectivity index (χ1v) is 6.71. The molecular weight excluding hydrogens is 253 g/mol. The Morgan fingerprint density at radius 2 is 1.85 bits per heavy atom. The number of aryl methyl sites for hydroxylation is 1. The molecule has 2 nitrogen and oxygen atoms in total. The molecule has 0 saturated carbocycles. The number of nitrogens with two attached hydrogens (primary N) is 1. The molecule has 2 aromatic carbocycles. The molecule has 0 saturated heterocycles. The number of hydrogen-bond acceptors (Lipinski definition) is 2. The fourth-order valence-corrected chi connectivity index (χ4v) is 2.32. The summed E-state index contributed by atoms with van der Waals surface area (Å²) >= 11 is 0. The van der Waals surface area contributed by atoms with E-state index in [2.05, 4.69) is 19.1 Å². The van der Waals surface area contributed by atoms with Crippen LogP contribution in [0.25, 0.3) is 11.0 Å². The first kappa shape index (κ1) is 12.9. The minimum atomic E-state index is -0.381. The molecule has 0 amide bonds. The molecule has 0 aliphatic heterocycles. The lowest BCUT2D eigenvalue weighted by Gasteiger charge is -2.08. The van der Waals surface area contributed by atoms with Gasteiger partial charge in [0.1, 0.15) is 17.2 Å². The SMILES string of the molecule is CCc1ccc2oc(C(N)c3ccc(F)cc3)cc2c1. The van der Waals surface area contributed by atoms with E-state index in [-0.39, 0.29) is 11.9 Å². The lowest BCUT2D eigenvalue weighted by atomic mass is 10.0.